The maximum atomic E-state index is 12.0. The smallest absolute Gasteiger partial charge is 0.323 e. The lowest BCUT2D eigenvalue weighted by molar-refractivity contribution is -0.144. The van der Waals surface area contributed by atoms with Gasteiger partial charge in [-0.3, -0.25) is 14.9 Å². The number of aryl methyl sites for hydroxylation is 2. The van der Waals surface area contributed by atoms with Gasteiger partial charge in [0.2, 0.25) is 5.91 Å². The first-order valence-corrected chi connectivity index (χ1v) is 7.03. The molecule has 0 fully saturated rings. The number of benzene rings is 1. The third-order valence-corrected chi connectivity index (χ3v) is 3.26. The number of hydrogen-bond acceptors (Lipinski definition) is 4. The molecule has 21 heavy (non-hydrogen) atoms. The minimum atomic E-state index is -0.486. The number of amides is 1. The van der Waals surface area contributed by atoms with Crippen LogP contribution in [-0.2, 0) is 14.3 Å². The molecule has 0 aliphatic rings. The summed E-state index contributed by atoms with van der Waals surface area (Å²) in [5.41, 5.74) is 2.94. The highest BCUT2D eigenvalue weighted by molar-refractivity contribution is 5.93. The molecule has 0 saturated heterocycles. The molecule has 2 N–H and O–H groups in total. The van der Waals surface area contributed by atoms with Crippen molar-refractivity contribution in [3.8, 4) is 0 Å². The molecule has 1 unspecified atom stereocenters. The van der Waals surface area contributed by atoms with E-state index in [0.29, 0.717) is 0 Å². The number of carbonyl (C=O) groups is 2. The SMILES string of the molecule is COC(=O)C(NCC(=O)Nc1ccc(C)cc1C)C(C)C. The lowest BCUT2D eigenvalue weighted by atomic mass is 10.0. The summed E-state index contributed by atoms with van der Waals surface area (Å²) < 4.78 is 4.72. The summed E-state index contributed by atoms with van der Waals surface area (Å²) in [6.07, 6.45) is 0. The van der Waals surface area contributed by atoms with Gasteiger partial charge in [0.15, 0.2) is 0 Å². The van der Waals surface area contributed by atoms with Crippen LogP contribution < -0.4 is 10.6 Å². The minimum absolute atomic E-state index is 0.0476. The third kappa shape index (κ3) is 5.19. The molecule has 1 rings (SSSR count). The number of nitrogens with one attached hydrogen (secondary N) is 2. The summed E-state index contributed by atoms with van der Waals surface area (Å²) in [7, 11) is 1.34. The van der Waals surface area contributed by atoms with Gasteiger partial charge in [-0.1, -0.05) is 31.5 Å². The van der Waals surface area contributed by atoms with Crippen LogP contribution in [0.4, 0.5) is 5.69 Å². The van der Waals surface area contributed by atoms with Crippen LogP contribution in [0.5, 0.6) is 0 Å². The molecule has 1 atom stereocenters. The van der Waals surface area contributed by atoms with Crippen molar-refractivity contribution in [3.63, 3.8) is 0 Å². The number of carbonyl (C=O) groups excluding carboxylic acids is 2. The van der Waals surface area contributed by atoms with Crippen molar-refractivity contribution in [2.24, 2.45) is 5.92 Å². The number of hydrogen-bond donors (Lipinski definition) is 2. The summed E-state index contributed by atoms with van der Waals surface area (Å²) in [6, 6.07) is 5.35. The van der Waals surface area contributed by atoms with Gasteiger partial charge in [-0.2, -0.15) is 0 Å². The van der Waals surface area contributed by atoms with Gasteiger partial charge in [-0.25, -0.2) is 0 Å². The number of ether oxygens (including phenoxy) is 1. The van der Waals surface area contributed by atoms with Gasteiger partial charge < -0.3 is 10.1 Å². The van der Waals surface area contributed by atoms with Crippen molar-refractivity contribution < 1.29 is 14.3 Å². The van der Waals surface area contributed by atoms with Crippen LogP contribution in [0.25, 0.3) is 0 Å². The van der Waals surface area contributed by atoms with Crippen molar-refractivity contribution in [1.82, 2.24) is 5.32 Å². The molecule has 0 spiro atoms. The van der Waals surface area contributed by atoms with Crippen LogP contribution in [0.15, 0.2) is 18.2 Å². The number of methoxy groups -OCH3 is 1. The minimum Gasteiger partial charge on any atom is -0.468 e. The lowest BCUT2D eigenvalue weighted by Crippen LogP contribution is -2.45. The Hall–Kier alpha value is -1.88. The number of esters is 1. The van der Waals surface area contributed by atoms with Gasteiger partial charge in [0.25, 0.3) is 0 Å². The predicted octanol–water partition coefficient (Wildman–Crippen LogP) is 2.03. The van der Waals surface area contributed by atoms with Crippen molar-refractivity contribution in [3.05, 3.63) is 29.3 Å². The molecule has 116 valence electrons. The Morgan fingerprint density at radius 1 is 1.24 bits per heavy atom. The average Bonchev–Trinajstić information content (AvgIpc) is 2.41. The van der Waals surface area contributed by atoms with E-state index < -0.39 is 6.04 Å². The quantitative estimate of drug-likeness (QED) is 0.787. The van der Waals surface area contributed by atoms with Crippen molar-refractivity contribution in [1.29, 1.82) is 0 Å². The van der Waals surface area contributed by atoms with Gasteiger partial charge in [0.05, 0.1) is 13.7 Å². The van der Waals surface area contributed by atoms with Crippen LogP contribution in [-0.4, -0.2) is 31.6 Å². The fraction of sp³-hybridized carbons (Fsp3) is 0.500. The molecule has 0 aliphatic heterocycles. The molecule has 1 aromatic carbocycles. The molecular formula is C16H24N2O3. The molecular weight excluding hydrogens is 268 g/mol. The topological polar surface area (TPSA) is 67.4 Å². The van der Waals surface area contributed by atoms with Crippen molar-refractivity contribution >= 4 is 17.6 Å². The maximum absolute atomic E-state index is 12.0. The van der Waals surface area contributed by atoms with E-state index in [1.165, 1.54) is 7.11 Å². The second-order valence-corrected chi connectivity index (χ2v) is 5.49. The largest absolute Gasteiger partial charge is 0.468 e. The van der Waals surface area contributed by atoms with E-state index in [0.717, 1.165) is 16.8 Å². The average molecular weight is 292 g/mol. The molecule has 1 aromatic rings. The zero-order valence-corrected chi connectivity index (χ0v) is 13.3. The van der Waals surface area contributed by atoms with Crippen LogP contribution >= 0.6 is 0 Å². The van der Waals surface area contributed by atoms with Gasteiger partial charge >= 0.3 is 5.97 Å². The van der Waals surface area contributed by atoms with E-state index in [1.807, 2.05) is 45.9 Å². The Labute approximate surface area is 126 Å². The predicted molar refractivity (Wildman–Crippen MR) is 83.2 cm³/mol. The summed E-state index contributed by atoms with van der Waals surface area (Å²) in [5, 5.41) is 5.77. The molecule has 0 aliphatic carbocycles. The van der Waals surface area contributed by atoms with E-state index in [2.05, 4.69) is 10.6 Å². The first-order valence-electron chi connectivity index (χ1n) is 7.03. The van der Waals surface area contributed by atoms with Crippen LogP contribution in [0.2, 0.25) is 0 Å². The van der Waals surface area contributed by atoms with Gasteiger partial charge in [-0.05, 0) is 31.4 Å². The van der Waals surface area contributed by atoms with E-state index in [1.54, 1.807) is 0 Å². The summed E-state index contributed by atoms with van der Waals surface area (Å²) in [4.78, 5) is 23.6. The fourth-order valence-corrected chi connectivity index (χ4v) is 2.07. The summed E-state index contributed by atoms with van der Waals surface area (Å²) in [6.45, 7) is 7.81. The second-order valence-electron chi connectivity index (χ2n) is 5.49. The molecule has 0 aromatic heterocycles. The Morgan fingerprint density at radius 2 is 1.90 bits per heavy atom. The summed E-state index contributed by atoms with van der Waals surface area (Å²) >= 11 is 0. The Balaban J connectivity index is 2.59. The van der Waals surface area contributed by atoms with Gasteiger partial charge in [-0.15, -0.1) is 0 Å². The maximum Gasteiger partial charge on any atom is 0.323 e. The normalized spacial score (nSPS) is 12.1. The van der Waals surface area contributed by atoms with Gasteiger partial charge in [0, 0.05) is 5.69 Å². The van der Waals surface area contributed by atoms with Crippen LogP contribution in [0.1, 0.15) is 25.0 Å². The monoisotopic (exact) mass is 292 g/mol. The standard InChI is InChI=1S/C16H24N2O3/c1-10(2)15(16(20)21-5)17-9-14(19)18-13-7-6-11(3)8-12(13)4/h6-8,10,15,17H,9H2,1-5H3,(H,18,19). The first kappa shape index (κ1) is 17.2. The van der Waals surface area contributed by atoms with Crippen molar-refractivity contribution in [2.45, 2.75) is 33.7 Å². The van der Waals surface area contributed by atoms with Crippen molar-refractivity contribution in [2.75, 3.05) is 19.0 Å². The Kier molecular flexibility index (Phi) is 6.37. The van der Waals surface area contributed by atoms with Crippen LogP contribution in [0.3, 0.4) is 0 Å². The molecule has 0 saturated carbocycles. The fourth-order valence-electron chi connectivity index (χ4n) is 2.07. The Morgan fingerprint density at radius 3 is 2.43 bits per heavy atom. The molecule has 0 radical (unpaired) electrons. The van der Waals surface area contributed by atoms with E-state index in [9.17, 15) is 9.59 Å². The zero-order chi connectivity index (χ0) is 16.0. The number of rotatable bonds is 6. The number of anilines is 1. The molecule has 5 nitrogen and oxygen atoms in total. The highest BCUT2D eigenvalue weighted by Crippen LogP contribution is 2.15. The first-order chi connectivity index (χ1) is 9.85. The second kappa shape index (κ2) is 7.78. The molecule has 5 heteroatoms. The molecule has 0 bridgehead atoms. The highest BCUT2D eigenvalue weighted by Gasteiger charge is 2.23. The molecule has 0 heterocycles. The zero-order valence-electron chi connectivity index (χ0n) is 13.3. The van der Waals surface area contributed by atoms with E-state index in [4.69, 9.17) is 4.74 Å². The third-order valence-electron chi connectivity index (χ3n) is 3.26. The highest BCUT2D eigenvalue weighted by atomic mass is 16.5. The summed E-state index contributed by atoms with van der Waals surface area (Å²) in [5.74, 6) is -0.493. The van der Waals surface area contributed by atoms with Crippen LogP contribution in [0, 0.1) is 19.8 Å². The van der Waals surface area contributed by atoms with Gasteiger partial charge in [0.1, 0.15) is 6.04 Å². The molecule has 1 amide bonds. The van der Waals surface area contributed by atoms with E-state index >= 15 is 0 Å². The Bertz CT molecular complexity index is 512. The van der Waals surface area contributed by atoms with E-state index in [-0.39, 0.29) is 24.3 Å². The lowest BCUT2D eigenvalue weighted by Gasteiger charge is -2.19.